The molecule has 0 spiro atoms. The number of furan rings is 1. The zero-order chi connectivity index (χ0) is 26.9. The maximum atomic E-state index is 12.7. The van der Waals surface area contributed by atoms with Gasteiger partial charge in [0.05, 0.1) is 12.8 Å². The number of rotatable bonds is 11. The highest BCUT2D eigenvalue weighted by molar-refractivity contribution is 6.01. The number of carbonyl (C=O) groups excluding carboxylic acids is 1. The van der Waals surface area contributed by atoms with E-state index in [-0.39, 0.29) is 24.9 Å². The minimum absolute atomic E-state index is 0.0960. The first-order valence-corrected chi connectivity index (χ1v) is 11.7. The van der Waals surface area contributed by atoms with Crippen molar-refractivity contribution in [3.8, 4) is 17.2 Å². The van der Waals surface area contributed by atoms with Crippen LogP contribution in [-0.2, 0) is 13.2 Å². The lowest BCUT2D eigenvalue weighted by molar-refractivity contribution is 0.0658. The average Bonchev–Trinajstić information content (AvgIpc) is 3.44. The first kappa shape index (κ1) is 26.0. The topological polar surface area (TPSA) is 120 Å². The van der Waals surface area contributed by atoms with Crippen LogP contribution in [0, 0.1) is 0 Å². The van der Waals surface area contributed by atoms with Crippen molar-refractivity contribution in [1.29, 1.82) is 0 Å². The van der Waals surface area contributed by atoms with E-state index in [1.807, 2.05) is 30.3 Å². The lowest BCUT2D eigenvalue weighted by atomic mass is 10.1. The molecular formula is C29H26N2O7. The number of hydrogen-bond donors (Lipinski definition) is 2. The smallest absolute Gasteiger partial charge is 0.371 e. The fourth-order valence-corrected chi connectivity index (χ4v) is 3.48. The van der Waals surface area contributed by atoms with Crippen LogP contribution in [0.5, 0.6) is 17.2 Å². The van der Waals surface area contributed by atoms with Gasteiger partial charge in [-0.25, -0.2) is 10.2 Å². The Morgan fingerprint density at radius 3 is 2.34 bits per heavy atom. The number of para-hydroxylation sites is 2. The standard InChI is InChI=1S/C29H26N2O7/c1-19(21-10-12-23(13-11-21)36-18-24-14-15-27(38-24)29(33)34)30-31-28(32)22-7-5-6-20(16-22)17-37-26-9-4-3-8-25(26)35-2/h3-16H,17-18H2,1-2H3,(H,31,32)(H,33,34). The number of carbonyl (C=O) groups is 2. The van der Waals surface area contributed by atoms with E-state index < -0.39 is 5.97 Å². The molecule has 4 aromatic rings. The quantitative estimate of drug-likeness (QED) is 0.206. The number of hydrazone groups is 1. The summed E-state index contributed by atoms with van der Waals surface area (Å²) in [5.74, 6) is 0.623. The number of amides is 1. The lowest BCUT2D eigenvalue weighted by Crippen LogP contribution is -2.19. The molecule has 1 amide bonds. The van der Waals surface area contributed by atoms with Gasteiger partial charge in [0.25, 0.3) is 5.91 Å². The van der Waals surface area contributed by atoms with Gasteiger partial charge in [0.2, 0.25) is 5.76 Å². The van der Waals surface area contributed by atoms with Crippen LogP contribution in [0.15, 0.2) is 94.4 Å². The number of carboxylic acid groups (broad SMARTS) is 1. The second kappa shape index (κ2) is 12.3. The molecule has 9 heteroatoms. The highest BCUT2D eigenvalue weighted by atomic mass is 16.5. The average molecular weight is 515 g/mol. The molecule has 0 saturated heterocycles. The Labute approximate surface area is 219 Å². The monoisotopic (exact) mass is 514 g/mol. The highest BCUT2D eigenvalue weighted by Crippen LogP contribution is 2.26. The Balaban J connectivity index is 1.31. The molecule has 0 atom stereocenters. The fraction of sp³-hybridized carbons (Fsp3) is 0.138. The van der Waals surface area contributed by atoms with E-state index >= 15 is 0 Å². The van der Waals surface area contributed by atoms with Crippen molar-refractivity contribution in [2.24, 2.45) is 5.10 Å². The minimum Gasteiger partial charge on any atom is -0.493 e. The van der Waals surface area contributed by atoms with E-state index in [1.54, 1.807) is 62.6 Å². The van der Waals surface area contributed by atoms with Crippen LogP contribution in [0.4, 0.5) is 0 Å². The van der Waals surface area contributed by atoms with Crippen LogP contribution in [-0.4, -0.2) is 29.8 Å². The number of benzene rings is 3. The second-order valence-corrected chi connectivity index (χ2v) is 8.16. The van der Waals surface area contributed by atoms with Gasteiger partial charge in [-0.2, -0.15) is 5.10 Å². The van der Waals surface area contributed by atoms with Crippen molar-refractivity contribution >= 4 is 17.6 Å². The summed E-state index contributed by atoms with van der Waals surface area (Å²) >= 11 is 0. The van der Waals surface area contributed by atoms with Crippen molar-refractivity contribution in [2.75, 3.05) is 7.11 Å². The molecule has 194 valence electrons. The van der Waals surface area contributed by atoms with Gasteiger partial charge in [-0.05, 0) is 78.7 Å². The number of nitrogens with one attached hydrogen (secondary N) is 1. The SMILES string of the molecule is COc1ccccc1OCc1cccc(C(=O)NN=C(C)c2ccc(OCc3ccc(C(=O)O)o3)cc2)c1. The Morgan fingerprint density at radius 1 is 0.868 bits per heavy atom. The summed E-state index contributed by atoms with van der Waals surface area (Å²) < 4.78 is 22.0. The normalized spacial score (nSPS) is 11.1. The van der Waals surface area contributed by atoms with Crippen molar-refractivity contribution in [3.63, 3.8) is 0 Å². The van der Waals surface area contributed by atoms with Crippen molar-refractivity contribution in [1.82, 2.24) is 5.43 Å². The third kappa shape index (κ3) is 6.79. The predicted molar refractivity (Wildman–Crippen MR) is 140 cm³/mol. The zero-order valence-corrected chi connectivity index (χ0v) is 20.8. The second-order valence-electron chi connectivity index (χ2n) is 8.16. The maximum absolute atomic E-state index is 12.7. The molecule has 1 aromatic heterocycles. The van der Waals surface area contributed by atoms with Crippen LogP contribution in [0.3, 0.4) is 0 Å². The van der Waals surface area contributed by atoms with E-state index in [9.17, 15) is 9.59 Å². The first-order chi connectivity index (χ1) is 18.4. The van der Waals surface area contributed by atoms with Crippen LogP contribution >= 0.6 is 0 Å². The number of aromatic carboxylic acids is 1. The Bertz CT molecular complexity index is 1440. The van der Waals surface area contributed by atoms with E-state index in [0.717, 1.165) is 11.1 Å². The zero-order valence-electron chi connectivity index (χ0n) is 20.8. The van der Waals surface area contributed by atoms with Crippen molar-refractivity contribution < 1.29 is 33.3 Å². The molecule has 0 aliphatic carbocycles. The number of carboxylic acids is 1. The molecule has 0 bridgehead atoms. The van der Waals surface area contributed by atoms with Crippen LogP contribution in [0.2, 0.25) is 0 Å². The van der Waals surface area contributed by atoms with Crippen LogP contribution in [0.1, 0.15) is 44.7 Å². The highest BCUT2D eigenvalue weighted by Gasteiger charge is 2.10. The van der Waals surface area contributed by atoms with E-state index in [4.69, 9.17) is 23.7 Å². The van der Waals surface area contributed by atoms with E-state index in [2.05, 4.69) is 10.5 Å². The number of ether oxygens (including phenoxy) is 3. The molecule has 0 saturated carbocycles. The summed E-state index contributed by atoms with van der Waals surface area (Å²) in [5.41, 5.74) is 5.27. The van der Waals surface area contributed by atoms with E-state index in [1.165, 1.54) is 6.07 Å². The number of nitrogens with zero attached hydrogens (tertiary/aromatic N) is 1. The fourth-order valence-electron chi connectivity index (χ4n) is 3.48. The van der Waals surface area contributed by atoms with Gasteiger partial charge in [0.15, 0.2) is 11.5 Å². The molecule has 0 fully saturated rings. The first-order valence-electron chi connectivity index (χ1n) is 11.7. The third-order valence-corrected chi connectivity index (χ3v) is 5.50. The molecule has 0 radical (unpaired) electrons. The molecule has 2 N–H and O–H groups in total. The lowest BCUT2D eigenvalue weighted by Gasteiger charge is -2.11. The molecule has 9 nitrogen and oxygen atoms in total. The summed E-state index contributed by atoms with van der Waals surface area (Å²) in [6.07, 6.45) is 0. The summed E-state index contributed by atoms with van der Waals surface area (Å²) in [6.45, 7) is 2.15. The molecule has 0 aliphatic rings. The summed E-state index contributed by atoms with van der Waals surface area (Å²) in [5, 5.41) is 13.1. The Hall–Kier alpha value is -5.05. The summed E-state index contributed by atoms with van der Waals surface area (Å²) in [7, 11) is 1.58. The Morgan fingerprint density at radius 2 is 1.63 bits per heavy atom. The van der Waals surface area contributed by atoms with E-state index in [0.29, 0.717) is 34.3 Å². The molecule has 0 unspecified atom stereocenters. The van der Waals surface area contributed by atoms with Gasteiger partial charge in [0, 0.05) is 5.56 Å². The van der Waals surface area contributed by atoms with Gasteiger partial charge < -0.3 is 23.7 Å². The Kier molecular flexibility index (Phi) is 8.40. The summed E-state index contributed by atoms with van der Waals surface area (Å²) in [6, 6.07) is 24.5. The molecule has 3 aromatic carbocycles. The maximum Gasteiger partial charge on any atom is 0.371 e. The van der Waals surface area contributed by atoms with Crippen LogP contribution < -0.4 is 19.6 Å². The molecule has 0 aliphatic heterocycles. The summed E-state index contributed by atoms with van der Waals surface area (Å²) in [4.78, 5) is 23.6. The van der Waals surface area contributed by atoms with Gasteiger partial charge in [-0.3, -0.25) is 4.79 Å². The number of methoxy groups -OCH3 is 1. The minimum atomic E-state index is -1.13. The number of hydrogen-bond acceptors (Lipinski definition) is 7. The van der Waals surface area contributed by atoms with Gasteiger partial charge in [-0.15, -0.1) is 0 Å². The third-order valence-electron chi connectivity index (χ3n) is 5.50. The van der Waals surface area contributed by atoms with Crippen molar-refractivity contribution in [2.45, 2.75) is 20.1 Å². The molecule has 38 heavy (non-hydrogen) atoms. The predicted octanol–water partition coefficient (Wildman–Crippen LogP) is 5.30. The van der Waals surface area contributed by atoms with Crippen LogP contribution in [0.25, 0.3) is 0 Å². The molecule has 4 rings (SSSR count). The molecular weight excluding hydrogens is 488 g/mol. The van der Waals surface area contributed by atoms with Crippen molar-refractivity contribution in [3.05, 3.63) is 113 Å². The van der Waals surface area contributed by atoms with Gasteiger partial charge in [-0.1, -0.05) is 24.3 Å². The molecule has 1 heterocycles. The van der Waals surface area contributed by atoms with Gasteiger partial charge in [0.1, 0.15) is 24.7 Å². The van der Waals surface area contributed by atoms with Gasteiger partial charge >= 0.3 is 5.97 Å². The largest absolute Gasteiger partial charge is 0.493 e.